The summed E-state index contributed by atoms with van der Waals surface area (Å²) in [4.78, 5) is 57.1. The van der Waals surface area contributed by atoms with E-state index >= 15 is 0 Å². The summed E-state index contributed by atoms with van der Waals surface area (Å²) in [5, 5.41) is 5.44. The van der Waals surface area contributed by atoms with Gasteiger partial charge in [0.15, 0.2) is 19.7 Å². The van der Waals surface area contributed by atoms with Crippen molar-refractivity contribution in [2.75, 3.05) is 39.0 Å². The molecule has 0 saturated carbocycles. The number of alkyl halides is 3. The molecule has 4 amide bonds. The summed E-state index contributed by atoms with van der Waals surface area (Å²) in [7, 11) is -4.95. The van der Waals surface area contributed by atoms with E-state index in [1.807, 2.05) is 0 Å². The molecule has 0 saturated heterocycles. The Morgan fingerprint density at radius 2 is 1.00 bits per heavy atom. The van der Waals surface area contributed by atoms with Gasteiger partial charge in [0.25, 0.3) is 11.8 Å². The van der Waals surface area contributed by atoms with Gasteiger partial charge < -0.3 is 10.6 Å². The zero-order chi connectivity index (χ0) is 48.9. The number of carbonyl (C=O) groups is 4. The van der Waals surface area contributed by atoms with Crippen molar-refractivity contribution < 1.29 is 49.2 Å². The second kappa shape index (κ2) is 22.3. The first-order valence-corrected chi connectivity index (χ1v) is 24.1. The highest BCUT2D eigenvalue weighted by atomic mass is 32.2. The van der Waals surface area contributed by atoms with Crippen LogP contribution in [0, 0.1) is 0 Å². The lowest BCUT2D eigenvalue weighted by atomic mass is 10.1. The first-order chi connectivity index (χ1) is 31.7. The Kier molecular flexibility index (Phi) is 16.9. The summed E-state index contributed by atoms with van der Waals surface area (Å²) in [5.41, 5.74) is 2.84. The predicted octanol–water partition coefficient (Wildman–Crippen LogP) is 8.59. The van der Waals surface area contributed by atoms with Crippen LogP contribution in [0.15, 0.2) is 162 Å². The van der Waals surface area contributed by atoms with Gasteiger partial charge in [-0.25, -0.2) is 21.8 Å². The molecular formula is C49H48F3N5O8S2. The van der Waals surface area contributed by atoms with Crippen LogP contribution in [-0.2, 0) is 42.1 Å². The molecule has 0 aliphatic rings. The first-order valence-electron chi connectivity index (χ1n) is 20.8. The lowest BCUT2D eigenvalue weighted by Gasteiger charge is -2.31. The summed E-state index contributed by atoms with van der Waals surface area (Å²) in [5.74, 6) is -1.10. The van der Waals surface area contributed by atoms with E-state index in [-0.39, 0.29) is 63.1 Å². The third-order valence-corrected chi connectivity index (χ3v) is 13.8. The third-order valence-electron chi connectivity index (χ3n) is 10.3. The van der Waals surface area contributed by atoms with Gasteiger partial charge in [0.1, 0.15) is 11.9 Å². The fraction of sp³-hybridized carbons (Fsp3) is 0.204. The number of rotatable bonds is 15. The van der Waals surface area contributed by atoms with Crippen LogP contribution in [0.2, 0.25) is 0 Å². The molecule has 1 heterocycles. The molecule has 1 aromatic heterocycles. The number of para-hydroxylation sites is 1. The van der Waals surface area contributed by atoms with Gasteiger partial charge in [-0.1, -0.05) is 62.4 Å². The van der Waals surface area contributed by atoms with Gasteiger partial charge in [-0.3, -0.25) is 29.0 Å². The minimum absolute atomic E-state index is 0.0159. The number of halogens is 3. The van der Waals surface area contributed by atoms with E-state index in [1.165, 1.54) is 65.6 Å². The molecule has 5 aromatic carbocycles. The number of benzene rings is 5. The quantitative estimate of drug-likeness (QED) is 0.102. The average molecular weight is 956 g/mol. The number of pyridine rings is 1. The number of hydrogen-bond donors (Lipinski definition) is 2. The number of carbonyl (C=O) groups excluding carboxylic acids is 4. The van der Waals surface area contributed by atoms with E-state index in [0.29, 0.717) is 38.8 Å². The van der Waals surface area contributed by atoms with E-state index in [2.05, 4.69) is 15.6 Å². The maximum Gasteiger partial charge on any atom is 0.408 e. The van der Waals surface area contributed by atoms with Crippen molar-refractivity contribution in [1.29, 1.82) is 0 Å². The Balaban J connectivity index is 0.000000254. The SMILES string of the molecule is CCS(=O)(=O)c1ccc(CC(=O)Nc2ccc(C(=O)N(C)c3ccccn3)cc2)cc1.CCS(=O)(=O)c1ccc(CC(=O)Nc2ccc(C(=O)N(c3ccccc3)C(C)C(F)(F)F)cc2)cc1. The molecule has 0 spiro atoms. The number of nitrogens with one attached hydrogen (secondary N) is 2. The zero-order valence-corrected chi connectivity index (χ0v) is 38.5. The van der Waals surface area contributed by atoms with Crippen molar-refractivity contribution >= 4 is 66.2 Å². The molecule has 0 fully saturated rings. The highest BCUT2D eigenvalue weighted by Gasteiger charge is 2.43. The Hall–Kier alpha value is -7.18. The summed E-state index contributed by atoms with van der Waals surface area (Å²) in [6, 6.07) is 35.4. The topological polar surface area (TPSA) is 180 Å². The second-order valence-corrected chi connectivity index (χ2v) is 19.5. The van der Waals surface area contributed by atoms with Crippen LogP contribution in [0.3, 0.4) is 0 Å². The molecule has 6 aromatic rings. The van der Waals surface area contributed by atoms with Gasteiger partial charge >= 0.3 is 6.18 Å². The maximum atomic E-state index is 13.5. The molecule has 1 unspecified atom stereocenters. The Labute approximate surface area is 387 Å². The lowest BCUT2D eigenvalue weighted by Crippen LogP contribution is -2.47. The number of aromatic nitrogens is 1. The molecular weight excluding hydrogens is 908 g/mol. The van der Waals surface area contributed by atoms with Gasteiger partial charge in [0.2, 0.25) is 11.8 Å². The minimum Gasteiger partial charge on any atom is -0.326 e. The highest BCUT2D eigenvalue weighted by Crippen LogP contribution is 2.30. The summed E-state index contributed by atoms with van der Waals surface area (Å²) in [6.45, 7) is 4.06. The Morgan fingerprint density at radius 3 is 1.39 bits per heavy atom. The molecule has 1 atom stereocenters. The number of nitrogens with zero attached hydrogens (tertiary/aromatic N) is 3. The van der Waals surface area contributed by atoms with Gasteiger partial charge in [0, 0.05) is 41.4 Å². The smallest absolute Gasteiger partial charge is 0.326 e. The van der Waals surface area contributed by atoms with Crippen molar-refractivity contribution in [1.82, 2.24) is 4.98 Å². The molecule has 350 valence electrons. The molecule has 13 nitrogen and oxygen atoms in total. The van der Waals surface area contributed by atoms with Crippen LogP contribution in [0.1, 0.15) is 52.6 Å². The van der Waals surface area contributed by atoms with Crippen molar-refractivity contribution in [2.45, 2.75) is 55.6 Å². The van der Waals surface area contributed by atoms with Crippen molar-refractivity contribution in [2.24, 2.45) is 0 Å². The van der Waals surface area contributed by atoms with E-state index in [1.54, 1.807) is 112 Å². The molecule has 6 rings (SSSR count). The summed E-state index contributed by atoms with van der Waals surface area (Å²) in [6.07, 6.45) is -2.92. The first kappa shape index (κ1) is 50.8. The molecule has 67 heavy (non-hydrogen) atoms. The minimum atomic E-state index is -4.63. The van der Waals surface area contributed by atoms with Gasteiger partial charge in [-0.05, 0) is 115 Å². The largest absolute Gasteiger partial charge is 0.408 e. The van der Waals surface area contributed by atoms with Crippen molar-refractivity contribution in [3.8, 4) is 0 Å². The van der Waals surface area contributed by atoms with Crippen LogP contribution in [0.4, 0.5) is 36.1 Å². The van der Waals surface area contributed by atoms with E-state index in [4.69, 9.17) is 0 Å². The van der Waals surface area contributed by atoms with Crippen LogP contribution >= 0.6 is 0 Å². The number of amides is 4. The highest BCUT2D eigenvalue weighted by molar-refractivity contribution is 7.91. The van der Waals surface area contributed by atoms with Crippen LogP contribution in [-0.4, -0.2) is 76.2 Å². The summed E-state index contributed by atoms with van der Waals surface area (Å²) < 4.78 is 87.9. The normalized spacial score (nSPS) is 11.9. The lowest BCUT2D eigenvalue weighted by molar-refractivity contribution is -0.143. The van der Waals surface area contributed by atoms with Gasteiger partial charge in [0.05, 0.1) is 34.1 Å². The predicted molar refractivity (Wildman–Crippen MR) is 252 cm³/mol. The van der Waals surface area contributed by atoms with E-state index in [9.17, 15) is 49.2 Å². The molecule has 0 aliphatic carbocycles. The average Bonchev–Trinajstić information content (AvgIpc) is 3.32. The molecule has 18 heteroatoms. The Morgan fingerprint density at radius 1 is 0.582 bits per heavy atom. The maximum absolute atomic E-state index is 13.5. The fourth-order valence-electron chi connectivity index (χ4n) is 6.38. The standard InChI is InChI=1S/C26H25F3N2O4S.C23H23N3O4S/c1-3-36(34,35)23-15-9-19(10-16-23)17-24(32)30-21-13-11-20(12-14-21)25(33)31(18(2)26(27,28)29)22-7-5-4-6-8-22;1-3-31(29,30)20-13-7-17(8-14-20)16-22(27)25-19-11-9-18(10-12-19)23(28)26(2)21-6-4-5-15-24-21/h4-16,18H,3,17H2,1-2H3,(H,30,32);4-15H,3,16H2,1-2H3,(H,25,27). The fourth-order valence-corrected chi connectivity index (χ4v) is 8.14. The van der Waals surface area contributed by atoms with Gasteiger partial charge in [-0.2, -0.15) is 13.2 Å². The van der Waals surface area contributed by atoms with Crippen molar-refractivity contribution in [3.63, 3.8) is 0 Å². The Bertz CT molecular complexity index is 2870. The number of hydrogen-bond acceptors (Lipinski definition) is 9. The van der Waals surface area contributed by atoms with Crippen molar-refractivity contribution in [3.05, 3.63) is 174 Å². The molecule has 0 radical (unpaired) electrons. The van der Waals surface area contributed by atoms with Crippen LogP contribution in [0.25, 0.3) is 0 Å². The van der Waals surface area contributed by atoms with Crippen LogP contribution < -0.4 is 20.4 Å². The van der Waals surface area contributed by atoms with E-state index < -0.39 is 37.8 Å². The monoisotopic (exact) mass is 955 g/mol. The summed E-state index contributed by atoms with van der Waals surface area (Å²) >= 11 is 0. The third kappa shape index (κ3) is 13.9. The zero-order valence-electron chi connectivity index (χ0n) is 36.9. The number of anilines is 4. The second-order valence-electron chi connectivity index (χ2n) is 15.0. The van der Waals surface area contributed by atoms with E-state index in [0.717, 1.165) is 6.92 Å². The van der Waals surface area contributed by atoms with Crippen LogP contribution in [0.5, 0.6) is 0 Å². The molecule has 0 bridgehead atoms. The molecule has 2 N–H and O–H groups in total. The van der Waals surface area contributed by atoms with Gasteiger partial charge in [-0.15, -0.1) is 0 Å². The number of sulfone groups is 2. The molecule has 0 aliphatic heterocycles.